The lowest BCUT2D eigenvalue weighted by Crippen LogP contribution is -2.28. The SMILES string of the molecule is CC.NC(=Nc1ccc(F)c(Cl)c1)c1nonc1OCCNC(=O)c1ccc2[nH]ccc2c1. The fourth-order valence-electron chi connectivity index (χ4n) is 2.79. The second-order valence-electron chi connectivity index (χ2n) is 6.40. The van der Waals surface area contributed by atoms with Crippen LogP contribution in [0.3, 0.4) is 0 Å². The molecule has 9 nitrogen and oxygen atoms in total. The van der Waals surface area contributed by atoms with E-state index in [1.807, 2.05) is 32.2 Å². The van der Waals surface area contributed by atoms with E-state index in [1.54, 1.807) is 12.1 Å². The fourth-order valence-corrected chi connectivity index (χ4v) is 2.96. The number of nitrogens with zero attached hydrogens (tertiary/aromatic N) is 3. The molecule has 0 unspecified atom stereocenters. The third-order valence-corrected chi connectivity index (χ3v) is 4.59. The van der Waals surface area contributed by atoms with Crippen LogP contribution >= 0.6 is 11.6 Å². The van der Waals surface area contributed by atoms with Crippen LogP contribution in [0, 0.1) is 5.82 Å². The monoisotopic (exact) mass is 472 g/mol. The number of halogens is 2. The molecule has 11 heteroatoms. The van der Waals surface area contributed by atoms with E-state index >= 15 is 0 Å². The molecule has 0 bridgehead atoms. The Bertz CT molecular complexity index is 1270. The molecular weight excluding hydrogens is 451 g/mol. The molecule has 4 rings (SSSR count). The van der Waals surface area contributed by atoms with Crippen molar-refractivity contribution in [1.82, 2.24) is 20.6 Å². The van der Waals surface area contributed by atoms with E-state index < -0.39 is 5.82 Å². The lowest BCUT2D eigenvalue weighted by Gasteiger charge is -2.06. The molecule has 0 atom stereocenters. The Balaban J connectivity index is 0.00000149. The first kappa shape index (κ1) is 23.7. The molecule has 0 saturated carbocycles. The number of aromatic nitrogens is 3. The zero-order chi connectivity index (χ0) is 23.8. The number of fused-ring (bicyclic) bond motifs is 1. The number of hydrogen-bond donors (Lipinski definition) is 3. The normalized spacial score (nSPS) is 11.1. The Hall–Kier alpha value is -3.92. The Kier molecular flexibility index (Phi) is 7.98. The molecule has 4 N–H and O–H groups in total. The second kappa shape index (κ2) is 11.1. The zero-order valence-electron chi connectivity index (χ0n) is 17.9. The molecule has 0 aliphatic carbocycles. The predicted molar refractivity (Wildman–Crippen MR) is 124 cm³/mol. The van der Waals surface area contributed by atoms with Crippen LogP contribution in [0.25, 0.3) is 10.9 Å². The molecule has 0 saturated heterocycles. The number of carbonyl (C=O) groups is 1. The van der Waals surface area contributed by atoms with Crippen molar-refractivity contribution < 1.29 is 18.6 Å². The standard InChI is InChI=1S/C20H16ClFN6O3.C2H6/c21-14-10-13(2-3-15(14)22)26-18(23)17-20(28-31-27-17)30-8-7-25-19(29)12-1-4-16-11(9-12)5-6-24-16;1-2/h1-6,9-10,24H,7-8H2,(H2,23,26)(H,25,29);1-2H3. The van der Waals surface area contributed by atoms with Gasteiger partial charge in [-0.2, -0.15) is 0 Å². The highest BCUT2D eigenvalue weighted by Crippen LogP contribution is 2.23. The summed E-state index contributed by atoms with van der Waals surface area (Å²) < 4.78 is 23.4. The maximum absolute atomic E-state index is 13.3. The molecule has 0 radical (unpaired) electrons. The van der Waals surface area contributed by atoms with Crippen LogP contribution in [0.15, 0.2) is 58.3 Å². The van der Waals surface area contributed by atoms with Crippen LogP contribution in [-0.2, 0) is 0 Å². The number of hydrogen-bond acceptors (Lipinski definition) is 6. The van der Waals surface area contributed by atoms with Crippen molar-refractivity contribution in [3.8, 4) is 5.88 Å². The number of carbonyl (C=O) groups excluding carboxylic acids is 1. The summed E-state index contributed by atoms with van der Waals surface area (Å²) >= 11 is 5.74. The van der Waals surface area contributed by atoms with Gasteiger partial charge in [0.2, 0.25) is 5.69 Å². The maximum atomic E-state index is 13.3. The summed E-state index contributed by atoms with van der Waals surface area (Å²) in [6.45, 7) is 4.30. The van der Waals surface area contributed by atoms with Gasteiger partial charge in [0, 0.05) is 22.7 Å². The summed E-state index contributed by atoms with van der Waals surface area (Å²) in [5, 5.41) is 10.9. The number of rotatable bonds is 7. The van der Waals surface area contributed by atoms with Crippen LogP contribution in [0.4, 0.5) is 10.1 Å². The molecule has 2 aromatic carbocycles. The first-order chi connectivity index (χ1) is 16.0. The first-order valence-electron chi connectivity index (χ1n) is 10.1. The highest BCUT2D eigenvalue weighted by Gasteiger charge is 2.16. The quantitative estimate of drug-likeness (QED) is 0.210. The van der Waals surface area contributed by atoms with E-state index in [1.165, 1.54) is 18.2 Å². The van der Waals surface area contributed by atoms with E-state index in [2.05, 4.69) is 30.2 Å². The van der Waals surface area contributed by atoms with Gasteiger partial charge in [0.05, 0.1) is 17.3 Å². The van der Waals surface area contributed by atoms with Crippen molar-refractivity contribution in [2.75, 3.05) is 13.2 Å². The molecule has 172 valence electrons. The maximum Gasteiger partial charge on any atom is 0.287 e. The number of amides is 1. The fraction of sp³-hybridized carbons (Fsp3) is 0.182. The summed E-state index contributed by atoms with van der Waals surface area (Å²) in [7, 11) is 0. The lowest BCUT2D eigenvalue weighted by atomic mass is 10.1. The molecule has 0 aliphatic rings. The smallest absolute Gasteiger partial charge is 0.287 e. The largest absolute Gasteiger partial charge is 0.472 e. The van der Waals surface area contributed by atoms with Gasteiger partial charge >= 0.3 is 0 Å². The van der Waals surface area contributed by atoms with Gasteiger partial charge in [-0.1, -0.05) is 25.4 Å². The predicted octanol–water partition coefficient (Wildman–Crippen LogP) is 4.22. The number of amidine groups is 1. The molecule has 4 aromatic rings. The van der Waals surface area contributed by atoms with Crippen molar-refractivity contribution in [3.63, 3.8) is 0 Å². The van der Waals surface area contributed by atoms with Crippen LogP contribution in [0.5, 0.6) is 5.88 Å². The van der Waals surface area contributed by atoms with Gasteiger partial charge in [0.15, 0.2) is 5.84 Å². The van der Waals surface area contributed by atoms with Crippen molar-refractivity contribution >= 4 is 39.9 Å². The van der Waals surface area contributed by atoms with Crippen molar-refractivity contribution in [3.05, 3.63) is 70.8 Å². The lowest BCUT2D eigenvalue weighted by molar-refractivity contribution is 0.0946. The third-order valence-electron chi connectivity index (χ3n) is 4.30. The molecule has 0 fully saturated rings. The summed E-state index contributed by atoms with van der Waals surface area (Å²) in [6.07, 6.45) is 1.81. The summed E-state index contributed by atoms with van der Waals surface area (Å²) in [5.74, 6) is -0.846. The number of aromatic amines is 1. The van der Waals surface area contributed by atoms with Gasteiger partial charge in [-0.15, -0.1) is 0 Å². The highest BCUT2D eigenvalue weighted by atomic mass is 35.5. The molecule has 0 spiro atoms. The molecular formula is C22H22ClFN6O3. The van der Waals surface area contributed by atoms with Gasteiger partial charge in [-0.25, -0.2) is 14.0 Å². The van der Waals surface area contributed by atoms with E-state index in [0.717, 1.165) is 10.9 Å². The second-order valence-corrected chi connectivity index (χ2v) is 6.80. The number of ether oxygens (including phenoxy) is 1. The average molecular weight is 473 g/mol. The Morgan fingerprint density at radius 3 is 2.85 bits per heavy atom. The number of nitrogens with two attached hydrogens (primary N) is 1. The highest BCUT2D eigenvalue weighted by molar-refractivity contribution is 6.31. The number of aliphatic imine (C=N–C) groups is 1. The van der Waals surface area contributed by atoms with Crippen molar-refractivity contribution in [1.29, 1.82) is 0 Å². The minimum absolute atomic E-state index is 0.0115. The number of H-pyrrole nitrogens is 1. The molecule has 2 aromatic heterocycles. The van der Waals surface area contributed by atoms with Crippen LogP contribution < -0.4 is 15.8 Å². The minimum atomic E-state index is -0.568. The van der Waals surface area contributed by atoms with Crippen LogP contribution in [0.2, 0.25) is 5.02 Å². The Morgan fingerprint density at radius 2 is 2.06 bits per heavy atom. The van der Waals surface area contributed by atoms with E-state index in [-0.39, 0.29) is 41.5 Å². The Morgan fingerprint density at radius 1 is 1.24 bits per heavy atom. The molecule has 2 heterocycles. The minimum Gasteiger partial charge on any atom is -0.472 e. The van der Waals surface area contributed by atoms with Crippen molar-refractivity contribution in [2.24, 2.45) is 10.7 Å². The van der Waals surface area contributed by atoms with Gasteiger partial charge in [-0.3, -0.25) is 4.79 Å². The van der Waals surface area contributed by atoms with E-state index in [0.29, 0.717) is 11.3 Å². The number of nitrogens with one attached hydrogen (secondary N) is 2. The molecule has 0 aliphatic heterocycles. The average Bonchev–Trinajstić information content (AvgIpc) is 3.49. The van der Waals surface area contributed by atoms with Crippen molar-refractivity contribution in [2.45, 2.75) is 13.8 Å². The zero-order valence-corrected chi connectivity index (χ0v) is 18.7. The molecule has 33 heavy (non-hydrogen) atoms. The van der Waals surface area contributed by atoms with Gasteiger partial charge in [0.1, 0.15) is 12.4 Å². The number of benzene rings is 2. The Labute approximate surface area is 193 Å². The first-order valence-corrected chi connectivity index (χ1v) is 10.5. The summed E-state index contributed by atoms with van der Waals surface area (Å²) in [4.78, 5) is 19.5. The van der Waals surface area contributed by atoms with Gasteiger partial charge in [-0.05, 0) is 52.8 Å². The summed E-state index contributed by atoms with van der Waals surface area (Å²) in [6, 6.07) is 11.1. The van der Waals surface area contributed by atoms with Crippen LogP contribution in [-0.4, -0.2) is 40.2 Å². The third kappa shape index (κ3) is 5.86. The summed E-state index contributed by atoms with van der Waals surface area (Å²) in [5.41, 5.74) is 7.81. The van der Waals surface area contributed by atoms with Crippen LogP contribution in [0.1, 0.15) is 29.9 Å². The topological polar surface area (TPSA) is 131 Å². The van der Waals surface area contributed by atoms with E-state index in [9.17, 15) is 9.18 Å². The van der Waals surface area contributed by atoms with E-state index in [4.69, 9.17) is 22.1 Å². The van der Waals surface area contributed by atoms with Gasteiger partial charge in [0.25, 0.3) is 11.8 Å². The van der Waals surface area contributed by atoms with Gasteiger partial charge < -0.3 is 20.8 Å². The molecule has 1 amide bonds.